The molecule has 2 N–H and O–H groups in total. The summed E-state index contributed by atoms with van der Waals surface area (Å²) < 4.78 is 5.22. The minimum Gasteiger partial charge on any atom is -0.487 e. The average molecular weight is 407 g/mol. The minimum atomic E-state index is -0.673. The Balaban J connectivity index is 1.77. The summed E-state index contributed by atoms with van der Waals surface area (Å²) in [6.07, 6.45) is 1.25. The Morgan fingerprint density at radius 2 is 2.03 bits per heavy atom. The van der Waals surface area contributed by atoms with Gasteiger partial charge in [-0.2, -0.15) is 10.1 Å². The highest BCUT2D eigenvalue weighted by Gasteiger charge is 2.15. The molecule has 0 bridgehead atoms. The minimum absolute atomic E-state index is 0.0244. The van der Waals surface area contributed by atoms with E-state index in [1.54, 1.807) is 37.3 Å². The third-order valence-electron chi connectivity index (χ3n) is 3.92. The van der Waals surface area contributed by atoms with Gasteiger partial charge in [0, 0.05) is 17.2 Å². The van der Waals surface area contributed by atoms with E-state index in [2.05, 4.69) is 20.5 Å². The predicted octanol–water partition coefficient (Wildman–Crippen LogP) is 2.51. The number of benzene rings is 2. The van der Waals surface area contributed by atoms with Gasteiger partial charge in [0.1, 0.15) is 5.69 Å². The summed E-state index contributed by atoms with van der Waals surface area (Å²) in [5.74, 6) is -0.519. The fourth-order valence-corrected chi connectivity index (χ4v) is 2.60. The largest absolute Gasteiger partial charge is 0.487 e. The molecule has 0 aliphatic carbocycles. The quantitative estimate of drug-likeness (QED) is 0.350. The van der Waals surface area contributed by atoms with Crippen LogP contribution in [0.5, 0.6) is 5.75 Å². The van der Waals surface area contributed by atoms with Crippen molar-refractivity contribution in [3.05, 3.63) is 86.5 Å². The average Bonchev–Trinajstić information content (AvgIpc) is 2.75. The van der Waals surface area contributed by atoms with E-state index in [1.165, 1.54) is 24.4 Å². The van der Waals surface area contributed by atoms with E-state index in [4.69, 9.17) is 4.74 Å². The van der Waals surface area contributed by atoms with Crippen LogP contribution in [0.3, 0.4) is 0 Å². The van der Waals surface area contributed by atoms with Gasteiger partial charge in [-0.1, -0.05) is 30.3 Å². The topological polar surface area (TPSA) is 140 Å². The van der Waals surface area contributed by atoms with Crippen molar-refractivity contribution in [1.29, 1.82) is 0 Å². The number of nitro groups is 1. The summed E-state index contributed by atoms with van der Waals surface area (Å²) in [4.78, 5) is 41.0. The van der Waals surface area contributed by atoms with Gasteiger partial charge in [-0.3, -0.25) is 14.9 Å². The Labute approximate surface area is 170 Å². The number of amides is 1. The highest BCUT2D eigenvalue weighted by molar-refractivity contribution is 5.94. The fourth-order valence-electron chi connectivity index (χ4n) is 2.60. The number of carbonyl (C=O) groups is 1. The lowest BCUT2D eigenvalue weighted by molar-refractivity contribution is -0.385. The molecule has 30 heavy (non-hydrogen) atoms. The van der Waals surface area contributed by atoms with Gasteiger partial charge in [-0.15, -0.1) is 0 Å². The summed E-state index contributed by atoms with van der Waals surface area (Å²) in [6.45, 7) is 2.01. The molecule has 2 aromatic carbocycles. The van der Waals surface area contributed by atoms with Crippen molar-refractivity contribution in [2.24, 2.45) is 5.10 Å². The Bertz CT molecular complexity index is 1160. The lowest BCUT2D eigenvalue weighted by Gasteiger charge is -2.05. The first kappa shape index (κ1) is 20.4. The van der Waals surface area contributed by atoms with E-state index >= 15 is 0 Å². The zero-order valence-electron chi connectivity index (χ0n) is 15.9. The standard InChI is InChI=1S/C20H17N5O5/c1-2-30-18-9-8-13(10-17(18)25(28)29)12-21-24-19(26)16-11-15(22-20(27)23-16)14-6-4-3-5-7-14/h3-12H,2H2,1H3,(H,24,26)(H,22,23,27)/b21-12+. The number of H-pyrrole nitrogens is 1. The highest BCUT2D eigenvalue weighted by atomic mass is 16.6. The van der Waals surface area contributed by atoms with Crippen LogP contribution in [0, 0.1) is 10.1 Å². The first-order valence-electron chi connectivity index (χ1n) is 8.89. The van der Waals surface area contributed by atoms with Gasteiger partial charge in [0.2, 0.25) is 0 Å². The number of nitrogens with zero attached hydrogens (tertiary/aromatic N) is 3. The third kappa shape index (κ3) is 4.93. The Morgan fingerprint density at radius 3 is 2.73 bits per heavy atom. The molecule has 0 aliphatic heterocycles. The summed E-state index contributed by atoms with van der Waals surface area (Å²) in [5.41, 5.74) is 2.78. The summed E-state index contributed by atoms with van der Waals surface area (Å²) in [7, 11) is 0. The van der Waals surface area contributed by atoms with Crippen LogP contribution in [-0.4, -0.2) is 33.6 Å². The van der Waals surface area contributed by atoms with Gasteiger partial charge in [0.05, 0.1) is 23.4 Å². The van der Waals surface area contributed by atoms with Crippen molar-refractivity contribution in [2.75, 3.05) is 6.61 Å². The number of ether oxygens (including phenoxy) is 1. The van der Waals surface area contributed by atoms with Gasteiger partial charge in [0.25, 0.3) is 5.91 Å². The lowest BCUT2D eigenvalue weighted by atomic mass is 10.1. The Kier molecular flexibility index (Phi) is 6.28. The molecule has 10 heteroatoms. The van der Waals surface area contributed by atoms with Crippen LogP contribution in [-0.2, 0) is 0 Å². The number of nitro benzene ring substituents is 1. The molecule has 10 nitrogen and oxygen atoms in total. The Morgan fingerprint density at radius 1 is 1.27 bits per heavy atom. The first-order valence-corrected chi connectivity index (χ1v) is 8.89. The van der Waals surface area contributed by atoms with Crippen molar-refractivity contribution in [3.63, 3.8) is 0 Å². The maximum absolute atomic E-state index is 12.3. The van der Waals surface area contributed by atoms with Gasteiger partial charge in [-0.05, 0) is 25.1 Å². The molecular formula is C20H17N5O5. The van der Waals surface area contributed by atoms with Gasteiger partial charge < -0.3 is 9.72 Å². The first-order chi connectivity index (χ1) is 14.5. The summed E-state index contributed by atoms with van der Waals surface area (Å²) >= 11 is 0. The SMILES string of the molecule is CCOc1ccc(/C=N/NC(=O)c2cc(-c3ccccc3)nc(=O)[nH]2)cc1[N+](=O)[O-]. The molecule has 0 radical (unpaired) electrons. The summed E-state index contributed by atoms with van der Waals surface area (Å²) in [6, 6.07) is 14.7. The molecule has 0 unspecified atom stereocenters. The molecule has 0 fully saturated rings. The van der Waals surface area contributed by atoms with Crippen LogP contribution in [0.25, 0.3) is 11.3 Å². The molecule has 1 aromatic heterocycles. The number of carbonyl (C=O) groups excluding carboxylic acids is 1. The second-order valence-electron chi connectivity index (χ2n) is 5.97. The van der Waals surface area contributed by atoms with Crippen LogP contribution >= 0.6 is 0 Å². The zero-order chi connectivity index (χ0) is 21.5. The van der Waals surface area contributed by atoms with Crippen LogP contribution in [0.4, 0.5) is 5.69 Å². The highest BCUT2D eigenvalue weighted by Crippen LogP contribution is 2.27. The third-order valence-corrected chi connectivity index (χ3v) is 3.92. The van der Waals surface area contributed by atoms with Crippen molar-refractivity contribution in [1.82, 2.24) is 15.4 Å². The second-order valence-corrected chi connectivity index (χ2v) is 5.97. The van der Waals surface area contributed by atoms with Crippen molar-refractivity contribution < 1.29 is 14.5 Å². The molecule has 1 amide bonds. The molecule has 1 heterocycles. The monoisotopic (exact) mass is 407 g/mol. The second kappa shape index (κ2) is 9.24. The maximum Gasteiger partial charge on any atom is 0.346 e. The molecule has 0 aliphatic rings. The predicted molar refractivity (Wildman–Crippen MR) is 110 cm³/mol. The molecule has 0 atom stereocenters. The van der Waals surface area contributed by atoms with E-state index < -0.39 is 16.5 Å². The van der Waals surface area contributed by atoms with E-state index in [-0.39, 0.29) is 17.1 Å². The van der Waals surface area contributed by atoms with Crippen molar-refractivity contribution in [2.45, 2.75) is 6.92 Å². The van der Waals surface area contributed by atoms with Gasteiger partial charge in [-0.25, -0.2) is 10.2 Å². The number of nitrogens with one attached hydrogen (secondary N) is 2. The molecule has 3 rings (SSSR count). The zero-order valence-corrected chi connectivity index (χ0v) is 15.9. The van der Waals surface area contributed by atoms with E-state index in [0.717, 1.165) is 0 Å². The molecule has 3 aromatic rings. The van der Waals surface area contributed by atoms with Crippen molar-refractivity contribution >= 4 is 17.8 Å². The van der Waals surface area contributed by atoms with Crippen LogP contribution < -0.4 is 15.9 Å². The lowest BCUT2D eigenvalue weighted by Crippen LogP contribution is -2.24. The molecule has 0 saturated heterocycles. The number of hydrogen-bond acceptors (Lipinski definition) is 7. The number of hydrogen-bond donors (Lipinski definition) is 2. The number of aromatic nitrogens is 2. The number of rotatable bonds is 7. The van der Waals surface area contributed by atoms with Crippen LogP contribution in [0.15, 0.2) is 64.5 Å². The number of aromatic amines is 1. The smallest absolute Gasteiger partial charge is 0.346 e. The number of hydrazone groups is 1. The molecule has 0 saturated carbocycles. The molecular weight excluding hydrogens is 390 g/mol. The normalized spacial score (nSPS) is 10.7. The fraction of sp³-hybridized carbons (Fsp3) is 0.100. The van der Waals surface area contributed by atoms with E-state index in [9.17, 15) is 19.7 Å². The van der Waals surface area contributed by atoms with E-state index in [0.29, 0.717) is 23.4 Å². The van der Waals surface area contributed by atoms with Crippen LogP contribution in [0.2, 0.25) is 0 Å². The van der Waals surface area contributed by atoms with E-state index in [1.807, 2.05) is 6.07 Å². The molecule has 152 valence electrons. The van der Waals surface area contributed by atoms with Gasteiger partial charge in [0.15, 0.2) is 5.75 Å². The maximum atomic E-state index is 12.3. The molecule has 0 spiro atoms. The van der Waals surface area contributed by atoms with Crippen molar-refractivity contribution in [3.8, 4) is 17.0 Å². The summed E-state index contributed by atoms with van der Waals surface area (Å²) in [5, 5.41) is 15.0. The van der Waals surface area contributed by atoms with Crippen LogP contribution in [0.1, 0.15) is 23.0 Å². The van der Waals surface area contributed by atoms with Gasteiger partial charge >= 0.3 is 11.4 Å². The Hall–Kier alpha value is -4.34.